The zero-order chi connectivity index (χ0) is 22.3. The lowest BCUT2D eigenvalue weighted by Crippen LogP contribution is -2.09. The van der Waals surface area contributed by atoms with Crippen LogP contribution >= 0.6 is 0 Å². The van der Waals surface area contributed by atoms with E-state index >= 15 is 0 Å². The van der Waals surface area contributed by atoms with Crippen molar-refractivity contribution < 1.29 is 0 Å². The molecule has 0 fully saturated rings. The minimum atomic E-state index is 0.271. The van der Waals surface area contributed by atoms with Crippen LogP contribution in [0.3, 0.4) is 0 Å². The Morgan fingerprint density at radius 3 is 2.06 bits per heavy atom. The molecule has 0 bridgehead atoms. The summed E-state index contributed by atoms with van der Waals surface area (Å²) in [5.74, 6) is 0.271. The summed E-state index contributed by atoms with van der Waals surface area (Å²) < 4.78 is 0. The molecule has 32 heavy (non-hydrogen) atoms. The number of hydrogen-bond donors (Lipinski definition) is 2. The molecule has 1 unspecified atom stereocenters. The Morgan fingerprint density at radius 1 is 0.688 bits per heavy atom. The van der Waals surface area contributed by atoms with Gasteiger partial charge in [-0.05, 0) is 53.3 Å². The van der Waals surface area contributed by atoms with Gasteiger partial charge in [-0.1, -0.05) is 91.9 Å². The van der Waals surface area contributed by atoms with Crippen LogP contribution in [0.2, 0.25) is 0 Å². The lowest BCUT2D eigenvalue weighted by molar-refractivity contribution is 0.899. The van der Waals surface area contributed by atoms with Crippen LogP contribution in [-0.2, 0) is 6.42 Å². The van der Waals surface area contributed by atoms with Crippen molar-refractivity contribution >= 4 is 11.4 Å². The van der Waals surface area contributed by atoms with Gasteiger partial charge >= 0.3 is 0 Å². The second kappa shape index (κ2) is 10.2. The highest BCUT2D eigenvalue weighted by Crippen LogP contribution is 2.37. The van der Waals surface area contributed by atoms with Crippen molar-refractivity contribution in [3.05, 3.63) is 119 Å². The maximum Gasteiger partial charge on any atom is 0.0399 e. The molecule has 0 spiro atoms. The Morgan fingerprint density at radius 2 is 1.34 bits per heavy atom. The number of hydrogen-bond acceptors (Lipinski definition) is 2. The lowest BCUT2D eigenvalue weighted by atomic mass is 9.85. The first-order valence-electron chi connectivity index (χ1n) is 11.5. The largest absolute Gasteiger partial charge is 0.388 e. The predicted octanol–water partition coefficient (Wildman–Crippen LogP) is 7.57. The third-order valence-corrected chi connectivity index (χ3v) is 6.15. The highest BCUT2D eigenvalue weighted by molar-refractivity contribution is 5.69. The zero-order valence-corrected chi connectivity index (χ0v) is 19.2. The third-order valence-electron chi connectivity index (χ3n) is 6.15. The Labute approximate surface area is 192 Å². The molecule has 0 aromatic heterocycles. The van der Waals surface area contributed by atoms with Gasteiger partial charge in [-0.3, -0.25) is 0 Å². The number of rotatable bonds is 8. The SMILES string of the molecule is CCNc1cccc(NC)c1C(C)c1ccccc1Cc1ccc(-c2ccccc2)cc1. The van der Waals surface area contributed by atoms with Crippen LogP contribution in [0.5, 0.6) is 0 Å². The molecule has 4 rings (SSSR count). The van der Waals surface area contributed by atoms with Gasteiger partial charge in [0.25, 0.3) is 0 Å². The smallest absolute Gasteiger partial charge is 0.0399 e. The molecule has 0 saturated carbocycles. The summed E-state index contributed by atoms with van der Waals surface area (Å²) in [4.78, 5) is 0. The van der Waals surface area contributed by atoms with E-state index in [1.165, 1.54) is 44.8 Å². The second-order valence-electron chi connectivity index (χ2n) is 8.21. The van der Waals surface area contributed by atoms with E-state index in [2.05, 4.69) is 122 Å². The minimum Gasteiger partial charge on any atom is -0.388 e. The Hall–Kier alpha value is -3.52. The molecule has 2 nitrogen and oxygen atoms in total. The summed E-state index contributed by atoms with van der Waals surface area (Å²) in [6.07, 6.45) is 0.924. The van der Waals surface area contributed by atoms with Crippen LogP contribution < -0.4 is 10.6 Å². The normalized spacial score (nSPS) is 11.7. The van der Waals surface area contributed by atoms with Gasteiger partial charge in [0.1, 0.15) is 0 Å². The number of benzene rings is 4. The Kier molecular flexibility index (Phi) is 6.91. The van der Waals surface area contributed by atoms with Gasteiger partial charge in [0.05, 0.1) is 0 Å². The van der Waals surface area contributed by atoms with Crippen molar-refractivity contribution in [2.24, 2.45) is 0 Å². The molecule has 2 N–H and O–H groups in total. The fourth-order valence-corrected chi connectivity index (χ4v) is 4.53. The van der Waals surface area contributed by atoms with E-state index in [9.17, 15) is 0 Å². The van der Waals surface area contributed by atoms with E-state index in [1.54, 1.807) is 0 Å². The summed E-state index contributed by atoms with van der Waals surface area (Å²) in [5.41, 5.74) is 10.3. The van der Waals surface area contributed by atoms with Crippen molar-refractivity contribution in [3.8, 4) is 11.1 Å². The minimum absolute atomic E-state index is 0.271. The van der Waals surface area contributed by atoms with Gasteiger partial charge in [-0.25, -0.2) is 0 Å². The quantitative estimate of drug-likeness (QED) is 0.307. The highest BCUT2D eigenvalue weighted by atomic mass is 14.9. The van der Waals surface area contributed by atoms with Gasteiger partial charge in [0.15, 0.2) is 0 Å². The van der Waals surface area contributed by atoms with Crippen molar-refractivity contribution in [1.82, 2.24) is 0 Å². The second-order valence-corrected chi connectivity index (χ2v) is 8.21. The van der Waals surface area contributed by atoms with Crippen LogP contribution in [0.15, 0.2) is 97.1 Å². The van der Waals surface area contributed by atoms with Crippen LogP contribution in [0, 0.1) is 0 Å². The van der Waals surface area contributed by atoms with E-state index in [-0.39, 0.29) is 5.92 Å². The van der Waals surface area contributed by atoms with Crippen LogP contribution in [0.25, 0.3) is 11.1 Å². The first-order chi connectivity index (χ1) is 15.7. The molecule has 0 aliphatic carbocycles. The van der Waals surface area contributed by atoms with Crippen LogP contribution in [-0.4, -0.2) is 13.6 Å². The van der Waals surface area contributed by atoms with Gasteiger partial charge in [0, 0.05) is 36.4 Å². The highest BCUT2D eigenvalue weighted by Gasteiger charge is 2.19. The number of anilines is 2. The molecule has 0 radical (unpaired) electrons. The molecule has 0 aliphatic rings. The standard InChI is InChI=1S/C30H32N2/c1-4-32-29-16-10-15-28(31-3)30(29)22(2)27-14-9-8-13-26(27)21-23-17-19-25(20-18-23)24-11-6-5-7-12-24/h5-20,22,31-32H,4,21H2,1-3H3. The summed E-state index contributed by atoms with van der Waals surface area (Å²) in [6.45, 7) is 5.37. The molecule has 4 aromatic carbocycles. The van der Waals surface area contributed by atoms with Crippen LogP contribution in [0.1, 0.15) is 42.0 Å². The monoisotopic (exact) mass is 420 g/mol. The van der Waals surface area contributed by atoms with Gasteiger partial charge < -0.3 is 10.6 Å². The maximum atomic E-state index is 3.55. The third kappa shape index (κ3) is 4.70. The molecular weight excluding hydrogens is 388 g/mol. The maximum absolute atomic E-state index is 3.55. The molecule has 2 heteroatoms. The summed E-state index contributed by atoms with van der Waals surface area (Å²) >= 11 is 0. The molecule has 0 heterocycles. The Balaban J connectivity index is 1.64. The summed E-state index contributed by atoms with van der Waals surface area (Å²) in [5, 5.41) is 6.95. The van der Waals surface area contributed by atoms with Gasteiger partial charge in [-0.2, -0.15) is 0 Å². The van der Waals surface area contributed by atoms with E-state index in [0.29, 0.717) is 0 Å². The van der Waals surface area contributed by atoms with E-state index < -0.39 is 0 Å². The van der Waals surface area contributed by atoms with Crippen LogP contribution in [0.4, 0.5) is 11.4 Å². The van der Waals surface area contributed by atoms with Crippen molar-refractivity contribution in [2.75, 3.05) is 24.2 Å². The van der Waals surface area contributed by atoms with Gasteiger partial charge in [-0.15, -0.1) is 0 Å². The van der Waals surface area contributed by atoms with Crippen molar-refractivity contribution in [1.29, 1.82) is 0 Å². The van der Waals surface area contributed by atoms with E-state index in [0.717, 1.165) is 13.0 Å². The topological polar surface area (TPSA) is 24.1 Å². The van der Waals surface area contributed by atoms with Crippen molar-refractivity contribution in [2.45, 2.75) is 26.2 Å². The van der Waals surface area contributed by atoms with E-state index in [1.807, 2.05) is 7.05 Å². The summed E-state index contributed by atoms with van der Waals surface area (Å²) in [7, 11) is 2.00. The average Bonchev–Trinajstić information content (AvgIpc) is 2.85. The fourth-order valence-electron chi connectivity index (χ4n) is 4.53. The van der Waals surface area contributed by atoms with Crippen molar-refractivity contribution in [3.63, 3.8) is 0 Å². The molecule has 0 aliphatic heterocycles. The van der Waals surface area contributed by atoms with E-state index in [4.69, 9.17) is 0 Å². The molecule has 4 aromatic rings. The molecule has 0 saturated heterocycles. The molecule has 1 atom stereocenters. The number of nitrogens with one attached hydrogen (secondary N) is 2. The average molecular weight is 421 g/mol. The molecule has 162 valence electrons. The predicted molar refractivity (Wildman–Crippen MR) is 139 cm³/mol. The van der Waals surface area contributed by atoms with Gasteiger partial charge in [0.2, 0.25) is 0 Å². The first kappa shape index (κ1) is 21.7. The summed E-state index contributed by atoms with van der Waals surface area (Å²) in [6, 6.07) is 34.9. The Bertz CT molecular complexity index is 1150. The molecule has 0 amide bonds. The molecular formula is C30H32N2. The fraction of sp³-hybridized carbons (Fsp3) is 0.200. The lowest BCUT2D eigenvalue weighted by Gasteiger charge is -2.23. The first-order valence-corrected chi connectivity index (χ1v) is 11.5. The zero-order valence-electron chi connectivity index (χ0n) is 19.2.